The van der Waals surface area contributed by atoms with Crippen LogP contribution in [0.1, 0.15) is 11.1 Å². The normalized spacial score (nSPS) is 10.2. The van der Waals surface area contributed by atoms with Gasteiger partial charge in [0, 0.05) is 4.47 Å². The molecule has 0 amide bonds. The minimum Gasteiger partial charge on any atom is -0.508 e. The molecule has 17 heavy (non-hydrogen) atoms. The van der Waals surface area contributed by atoms with Gasteiger partial charge in [0.1, 0.15) is 18.1 Å². The third kappa shape index (κ3) is 3.24. The molecule has 2 aromatic rings. The highest BCUT2D eigenvalue weighted by Crippen LogP contribution is 2.21. The minimum atomic E-state index is 0.286. The summed E-state index contributed by atoms with van der Waals surface area (Å²) in [5, 5.41) is 9.31. The molecule has 3 heteroatoms. The van der Waals surface area contributed by atoms with E-state index in [0.717, 1.165) is 21.3 Å². The fraction of sp³-hybridized carbons (Fsp3) is 0.143. The van der Waals surface area contributed by atoms with E-state index in [1.54, 1.807) is 12.1 Å². The molecule has 0 fully saturated rings. The minimum absolute atomic E-state index is 0.286. The van der Waals surface area contributed by atoms with E-state index < -0.39 is 0 Å². The van der Waals surface area contributed by atoms with E-state index in [-0.39, 0.29) is 5.75 Å². The van der Waals surface area contributed by atoms with Crippen molar-refractivity contribution in [3.05, 3.63) is 58.1 Å². The van der Waals surface area contributed by atoms with Gasteiger partial charge >= 0.3 is 0 Å². The molecule has 0 bridgehead atoms. The number of halogens is 1. The maximum Gasteiger partial charge on any atom is 0.120 e. The molecule has 1 N–H and O–H groups in total. The molecule has 0 radical (unpaired) electrons. The van der Waals surface area contributed by atoms with Crippen molar-refractivity contribution in [1.82, 2.24) is 0 Å². The van der Waals surface area contributed by atoms with Gasteiger partial charge < -0.3 is 9.84 Å². The largest absolute Gasteiger partial charge is 0.508 e. The van der Waals surface area contributed by atoms with Gasteiger partial charge in [0.05, 0.1) is 0 Å². The van der Waals surface area contributed by atoms with Crippen LogP contribution in [0, 0.1) is 6.92 Å². The molecule has 2 aromatic carbocycles. The second kappa shape index (κ2) is 5.23. The number of aromatic hydroxyl groups is 1. The molecule has 0 aliphatic rings. The Morgan fingerprint density at radius 3 is 2.71 bits per heavy atom. The molecular formula is C14H13BrO2. The number of phenolic OH excluding ortho intramolecular Hbond substituents is 1. The number of hydrogen-bond acceptors (Lipinski definition) is 2. The van der Waals surface area contributed by atoms with Gasteiger partial charge in [0.25, 0.3) is 0 Å². The number of hydrogen-bond donors (Lipinski definition) is 1. The van der Waals surface area contributed by atoms with Gasteiger partial charge in [-0.2, -0.15) is 0 Å². The van der Waals surface area contributed by atoms with Crippen LogP contribution in [0.3, 0.4) is 0 Å². The lowest BCUT2D eigenvalue weighted by atomic mass is 10.1. The number of rotatable bonds is 3. The molecule has 2 nitrogen and oxygen atoms in total. The summed E-state index contributed by atoms with van der Waals surface area (Å²) in [6.45, 7) is 2.46. The highest BCUT2D eigenvalue weighted by atomic mass is 79.9. The first kappa shape index (κ1) is 12.0. The van der Waals surface area contributed by atoms with Crippen molar-refractivity contribution < 1.29 is 9.84 Å². The first-order chi connectivity index (χ1) is 8.15. The van der Waals surface area contributed by atoms with Crippen LogP contribution >= 0.6 is 15.9 Å². The Morgan fingerprint density at radius 1 is 1.18 bits per heavy atom. The van der Waals surface area contributed by atoms with E-state index in [0.29, 0.717) is 6.61 Å². The van der Waals surface area contributed by atoms with Gasteiger partial charge in [-0.1, -0.05) is 28.1 Å². The number of aryl methyl sites for hydroxylation is 1. The summed E-state index contributed by atoms with van der Waals surface area (Å²) in [4.78, 5) is 0. The maximum absolute atomic E-state index is 9.31. The van der Waals surface area contributed by atoms with E-state index in [1.165, 1.54) is 0 Å². The average Bonchev–Trinajstić information content (AvgIpc) is 2.28. The smallest absolute Gasteiger partial charge is 0.120 e. The maximum atomic E-state index is 9.31. The van der Waals surface area contributed by atoms with Gasteiger partial charge in [-0.15, -0.1) is 0 Å². The fourth-order valence-corrected chi connectivity index (χ4v) is 1.94. The van der Waals surface area contributed by atoms with Gasteiger partial charge in [0.15, 0.2) is 0 Å². The molecule has 0 unspecified atom stereocenters. The summed E-state index contributed by atoms with van der Waals surface area (Å²) in [6, 6.07) is 13.0. The molecular weight excluding hydrogens is 280 g/mol. The highest BCUT2D eigenvalue weighted by Gasteiger charge is 2.01. The van der Waals surface area contributed by atoms with E-state index in [1.807, 2.05) is 37.3 Å². The topological polar surface area (TPSA) is 29.5 Å². The zero-order chi connectivity index (χ0) is 12.3. The Kier molecular flexibility index (Phi) is 3.69. The lowest BCUT2D eigenvalue weighted by molar-refractivity contribution is 0.305. The first-order valence-corrected chi connectivity index (χ1v) is 6.11. The van der Waals surface area contributed by atoms with E-state index in [9.17, 15) is 5.11 Å². The Bertz CT molecular complexity index is 523. The molecule has 0 heterocycles. The predicted octanol–water partition coefficient (Wildman–Crippen LogP) is 4.04. The number of phenols is 1. The monoisotopic (exact) mass is 292 g/mol. The fourth-order valence-electron chi connectivity index (χ4n) is 1.56. The van der Waals surface area contributed by atoms with Crippen LogP contribution in [-0.2, 0) is 6.61 Å². The summed E-state index contributed by atoms with van der Waals surface area (Å²) in [7, 11) is 0. The van der Waals surface area contributed by atoms with Crippen LogP contribution in [-0.4, -0.2) is 5.11 Å². The molecule has 0 atom stereocenters. The summed E-state index contributed by atoms with van der Waals surface area (Å²) >= 11 is 3.40. The number of benzene rings is 2. The number of ether oxygens (including phenoxy) is 1. The van der Waals surface area contributed by atoms with Crippen LogP contribution in [0.5, 0.6) is 11.5 Å². The Morgan fingerprint density at radius 2 is 2.00 bits per heavy atom. The zero-order valence-corrected chi connectivity index (χ0v) is 11.1. The van der Waals surface area contributed by atoms with Crippen molar-refractivity contribution in [2.45, 2.75) is 13.5 Å². The summed E-state index contributed by atoms with van der Waals surface area (Å²) in [6.07, 6.45) is 0. The summed E-state index contributed by atoms with van der Waals surface area (Å²) < 4.78 is 6.68. The first-order valence-electron chi connectivity index (χ1n) is 5.32. The van der Waals surface area contributed by atoms with Crippen molar-refractivity contribution in [3.8, 4) is 11.5 Å². The lowest BCUT2D eigenvalue weighted by Gasteiger charge is -2.09. The van der Waals surface area contributed by atoms with Crippen LogP contribution in [0.4, 0.5) is 0 Å². The van der Waals surface area contributed by atoms with Crippen molar-refractivity contribution in [3.63, 3.8) is 0 Å². The molecule has 0 spiro atoms. The second-order valence-corrected chi connectivity index (χ2v) is 4.77. The zero-order valence-electron chi connectivity index (χ0n) is 9.48. The quantitative estimate of drug-likeness (QED) is 0.925. The average molecular weight is 293 g/mol. The third-order valence-corrected chi connectivity index (χ3v) is 3.01. The van der Waals surface area contributed by atoms with E-state index in [4.69, 9.17) is 4.74 Å². The molecule has 0 aromatic heterocycles. The van der Waals surface area contributed by atoms with E-state index >= 15 is 0 Å². The molecule has 0 aliphatic heterocycles. The lowest BCUT2D eigenvalue weighted by Crippen LogP contribution is -1.97. The Balaban J connectivity index is 2.07. The van der Waals surface area contributed by atoms with E-state index in [2.05, 4.69) is 15.9 Å². The molecule has 88 valence electrons. The predicted molar refractivity (Wildman–Crippen MR) is 71.3 cm³/mol. The molecule has 2 rings (SSSR count). The van der Waals surface area contributed by atoms with Crippen LogP contribution in [0.15, 0.2) is 46.9 Å². The van der Waals surface area contributed by atoms with Crippen LogP contribution < -0.4 is 4.74 Å². The van der Waals surface area contributed by atoms with Crippen LogP contribution in [0.25, 0.3) is 0 Å². The van der Waals surface area contributed by atoms with Crippen molar-refractivity contribution in [1.29, 1.82) is 0 Å². The van der Waals surface area contributed by atoms with Gasteiger partial charge in [-0.25, -0.2) is 0 Å². The SMILES string of the molecule is Cc1cc(O)ccc1COc1cccc(Br)c1. The molecule has 0 saturated carbocycles. The van der Waals surface area contributed by atoms with Gasteiger partial charge in [-0.05, 0) is 48.4 Å². The molecule has 0 aliphatic carbocycles. The molecule has 0 saturated heterocycles. The van der Waals surface area contributed by atoms with Crippen molar-refractivity contribution in [2.24, 2.45) is 0 Å². The summed E-state index contributed by atoms with van der Waals surface area (Å²) in [5.41, 5.74) is 2.10. The van der Waals surface area contributed by atoms with Gasteiger partial charge in [-0.3, -0.25) is 0 Å². The standard InChI is InChI=1S/C14H13BrO2/c1-10-7-13(16)6-5-11(10)9-17-14-4-2-3-12(15)8-14/h2-8,16H,9H2,1H3. The van der Waals surface area contributed by atoms with Gasteiger partial charge in [0.2, 0.25) is 0 Å². The highest BCUT2D eigenvalue weighted by molar-refractivity contribution is 9.10. The summed E-state index contributed by atoms with van der Waals surface area (Å²) in [5.74, 6) is 1.11. The Hall–Kier alpha value is -1.48. The third-order valence-electron chi connectivity index (χ3n) is 2.52. The second-order valence-electron chi connectivity index (χ2n) is 3.86. The van der Waals surface area contributed by atoms with Crippen molar-refractivity contribution >= 4 is 15.9 Å². The van der Waals surface area contributed by atoms with Crippen LogP contribution in [0.2, 0.25) is 0 Å². The Labute approximate surface area is 109 Å². The van der Waals surface area contributed by atoms with Crippen molar-refractivity contribution in [2.75, 3.05) is 0 Å².